The van der Waals surface area contributed by atoms with Gasteiger partial charge < -0.3 is 40.6 Å². The third-order valence-electron chi connectivity index (χ3n) is 4.33. The van der Waals surface area contributed by atoms with Crippen molar-refractivity contribution in [3.8, 4) is 0 Å². The van der Waals surface area contributed by atoms with Gasteiger partial charge in [0.1, 0.15) is 24.3 Å². The van der Waals surface area contributed by atoms with E-state index in [1.165, 1.54) is 0 Å². The Bertz CT molecular complexity index is 656. The molecule has 4 atom stereocenters. The Balaban J connectivity index is 0. The first-order valence-electron chi connectivity index (χ1n) is 10.4. The number of aliphatic carboxylic acids is 2. The summed E-state index contributed by atoms with van der Waals surface area (Å²) < 4.78 is 0. The van der Waals surface area contributed by atoms with Crippen LogP contribution in [-0.4, -0.2) is 48.3 Å². The Morgan fingerprint density at radius 2 is 0.906 bits per heavy atom. The maximum Gasteiger partial charge on any atom is 0.130 e. The van der Waals surface area contributed by atoms with Gasteiger partial charge in [0, 0.05) is 11.9 Å². The number of carboxylic acid groups (broad SMARTS) is 2. The highest BCUT2D eigenvalue weighted by Crippen LogP contribution is 2.14. The fraction of sp³-hybridized carbons (Fsp3) is 0.417. The third-order valence-corrected chi connectivity index (χ3v) is 4.33. The number of rotatable bonds is 6. The van der Waals surface area contributed by atoms with Crippen molar-refractivity contribution in [2.75, 3.05) is 14.1 Å². The summed E-state index contributed by atoms with van der Waals surface area (Å²) in [6.45, 7) is 5.97. The molecule has 0 radical (unpaired) electrons. The molecule has 0 saturated heterocycles. The fourth-order valence-corrected chi connectivity index (χ4v) is 2.27. The lowest BCUT2D eigenvalue weighted by Crippen LogP contribution is -2.86. The van der Waals surface area contributed by atoms with Crippen molar-refractivity contribution in [1.82, 2.24) is 0 Å². The van der Waals surface area contributed by atoms with Crippen LogP contribution in [-0.2, 0) is 9.59 Å². The quantitative estimate of drug-likeness (QED) is 0.404. The molecule has 0 heterocycles. The summed E-state index contributed by atoms with van der Waals surface area (Å²) in [4.78, 5) is 17.8. The molecule has 0 aliphatic carbocycles. The normalized spacial score (nSPS) is 13.2. The van der Waals surface area contributed by atoms with Crippen LogP contribution in [0.2, 0.25) is 0 Å². The van der Waals surface area contributed by atoms with E-state index >= 15 is 0 Å². The number of carbonyl (C=O) groups excluding carboxylic acids is 2. The second kappa shape index (κ2) is 18.9. The number of benzene rings is 2. The van der Waals surface area contributed by atoms with E-state index in [0.29, 0.717) is 0 Å². The van der Waals surface area contributed by atoms with Crippen LogP contribution >= 0.6 is 0 Å². The van der Waals surface area contributed by atoms with Crippen LogP contribution < -0.4 is 20.8 Å². The Hall–Kier alpha value is -2.78. The number of hydrogen-bond donors (Lipinski definition) is 4. The topological polar surface area (TPSA) is 154 Å². The van der Waals surface area contributed by atoms with Gasteiger partial charge in [-0.3, -0.25) is 0 Å². The van der Waals surface area contributed by atoms with Crippen LogP contribution in [0.25, 0.3) is 0 Å². The molecular formula is C24H38N2O6. The van der Waals surface area contributed by atoms with Crippen LogP contribution in [0.1, 0.15) is 51.0 Å². The highest BCUT2D eigenvalue weighted by molar-refractivity contribution is 5.60. The van der Waals surface area contributed by atoms with E-state index in [2.05, 4.69) is 0 Å². The average Bonchev–Trinajstić information content (AvgIpc) is 2.77. The summed E-state index contributed by atoms with van der Waals surface area (Å²) in [6.07, 6.45) is -0.729. The van der Waals surface area contributed by atoms with Gasteiger partial charge in [0.2, 0.25) is 0 Å². The van der Waals surface area contributed by atoms with E-state index in [0.717, 1.165) is 25.0 Å². The highest BCUT2D eigenvalue weighted by atomic mass is 16.4. The highest BCUT2D eigenvalue weighted by Gasteiger charge is 2.17. The standard InChI is InChI=1S/2C10H15NO.2C2H4O2/c2*1-8(11-2)10(12)9-6-4-3-5-7-9;2*1-2(3)4/h2*3-8,10-12H,1-2H3;2*1H3,(H,3,4)/t2*8-,10-;;/m11../s1. The first kappa shape index (κ1) is 31.4. The van der Waals surface area contributed by atoms with E-state index in [-0.39, 0.29) is 24.3 Å². The smallest absolute Gasteiger partial charge is 0.130 e. The maximum absolute atomic E-state index is 9.76. The SMILES string of the molecule is CC(=O)[O-].CC(=O)[O-].C[NH2+][C@H](C)[C@@H](O)c1ccccc1.C[NH2+][C@H](C)[C@@H](O)c1ccccc1. The minimum absolute atomic E-state index is 0.215. The van der Waals surface area contributed by atoms with Crippen LogP contribution in [0.3, 0.4) is 0 Å². The van der Waals surface area contributed by atoms with E-state index < -0.39 is 11.9 Å². The molecular weight excluding hydrogens is 412 g/mol. The summed E-state index contributed by atoms with van der Waals surface area (Å²) in [7, 11) is 3.94. The van der Waals surface area contributed by atoms with Crippen molar-refractivity contribution in [2.24, 2.45) is 0 Å². The zero-order valence-electron chi connectivity index (χ0n) is 19.8. The predicted molar refractivity (Wildman–Crippen MR) is 119 cm³/mol. The molecule has 0 saturated carbocycles. The number of aliphatic hydroxyl groups is 2. The summed E-state index contributed by atoms with van der Waals surface area (Å²) in [5.41, 5.74) is 1.98. The molecule has 0 bridgehead atoms. The van der Waals surface area contributed by atoms with Crippen LogP contribution in [0.4, 0.5) is 0 Å². The van der Waals surface area contributed by atoms with E-state index in [1.807, 2.05) is 99.2 Å². The number of nitrogens with two attached hydrogens (primary N) is 2. The Morgan fingerprint density at radius 1 is 0.688 bits per heavy atom. The zero-order chi connectivity index (χ0) is 25.1. The van der Waals surface area contributed by atoms with Gasteiger partial charge in [0.15, 0.2) is 0 Å². The van der Waals surface area contributed by atoms with Crippen molar-refractivity contribution in [2.45, 2.75) is 52.0 Å². The molecule has 0 aliphatic rings. The lowest BCUT2D eigenvalue weighted by molar-refractivity contribution is -0.669. The van der Waals surface area contributed by atoms with Gasteiger partial charge in [0.05, 0.1) is 14.1 Å². The van der Waals surface area contributed by atoms with Gasteiger partial charge in [-0.15, -0.1) is 0 Å². The minimum Gasteiger partial charge on any atom is -0.550 e. The number of carboxylic acids is 2. The zero-order valence-corrected chi connectivity index (χ0v) is 19.8. The molecule has 2 rings (SSSR count). The molecule has 180 valence electrons. The summed E-state index contributed by atoms with van der Waals surface area (Å²) >= 11 is 0. The number of quaternary nitrogens is 2. The predicted octanol–water partition coefficient (Wildman–Crippen LogP) is -1.88. The molecule has 0 aliphatic heterocycles. The van der Waals surface area contributed by atoms with Gasteiger partial charge in [-0.2, -0.15) is 0 Å². The van der Waals surface area contributed by atoms with E-state index in [9.17, 15) is 10.2 Å². The molecule has 2 aromatic rings. The monoisotopic (exact) mass is 450 g/mol. The van der Waals surface area contributed by atoms with Crippen molar-refractivity contribution in [3.63, 3.8) is 0 Å². The average molecular weight is 451 g/mol. The van der Waals surface area contributed by atoms with Gasteiger partial charge >= 0.3 is 0 Å². The van der Waals surface area contributed by atoms with Crippen molar-refractivity contribution in [3.05, 3.63) is 71.8 Å². The van der Waals surface area contributed by atoms with Crippen LogP contribution in [0, 0.1) is 0 Å². The van der Waals surface area contributed by atoms with Gasteiger partial charge in [-0.05, 0) is 38.8 Å². The molecule has 0 spiro atoms. The van der Waals surface area contributed by atoms with Crippen molar-refractivity contribution in [1.29, 1.82) is 0 Å². The number of hydrogen-bond acceptors (Lipinski definition) is 6. The molecule has 0 unspecified atom stereocenters. The second-order valence-electron chi connectivity index (χ2n) is 7.08. The number of carbonyl (C=O) groups is 2. The van der Waals surface area contributed by atoms with Crippen LogP contribution in [0.15, 0.2) is 60.7 Å². The molecule has 6 N–H and O–H groups in total. The third kappa shape index (κ3) is 17.0. The van der Waals surface area contributed by atoms with Gasteiger partial charge in [0.25, 0.3) is 0 Å². The lowest BCUT2D eigenvalue weighted by Gasteiger charge is -2.15. The Kier molecular flexibility index (Phi) is 18.6. The first-order chi connectivity index (χ1) is 15.0. The molecule has 0 fully saturated rings. The van der Waals surface area contributed by atoms with Gasteiger partial charge in [-0.25, -0.2) is 0 Å². The minimum atomic E-state index is -1.08. The first-order valence-corrected chi connectivity index (χ1v) is 10.4. The Morgan fingerprint density at radius 3 is 1.09 bits per heavy atom. The molecule has 32 heavy (non-hydrogen) atoms. The summed E-state index contributed by atoms with van der Waals surface area (Å²) in [5.74, 6) is -2.17. The summed E-state index contributed by atoms with van der Waals surface area (Å²) in [5, 5.41) is 41.3. The molecule has 2 aromatic carbocycles. The van der Waals surface area contributed by atoms with E-state index in [4.69, 9.17) is 19.8 Å². The molecule has 8 heteroatoms. The van der Waals surface area contributed by atoms with Crippen molar-refractivity contribution >= 4 is 11.9 Å². The van der Waals surface area contributed by atoms with Crippen LogP contribution in [0.5, 0.6) is 0 Å². The molecule has 0 aromatic heterocycles. The van der Waals surface area contributed by atoms with Gasteiger partial charge in [-0.1, -0.05) is 60.7 Å². The maximum atomic E-state index is 9.76. The fourth-order valence-electron chi connectivity index (χ4n) is 2.27. The molecule has 8 nitrogen and oxygen atoms in total. The largest absolute Gasteiger partial charge is 0.550 e. The molecule has 0 amide bonds. The van der Waals surface area contributed by atoms with Crippen molar-refractivity contribution < 1.29 is 40.6 Å². The van der Waals surface area contributed by atoms with E-state index in [1.54, 1.807) is 0 Å². The number of likely N-dealkylation sites (N-methyl/N-ethyl adjacent to an activating group) is 2. The second-order valence-corrected chi connectivity index (χ2v) is 7.08. The lowest BCUT2D eigenvalue weighted by atomic mass is 10.0. The Labute approximate surface area is 190 Å². The summed E-state index contributed by atoms with van der Waals surface area (Å²) in [6, 6.07) is 19.9. The number of aliphatic hydroxyl groups excluding tert-OH is 2.